The van der Waals surface area contributed by atoms with Gasteiger partial charge in [0.15, 0.2) is 5.78 Å². The summed E-state index contributed by atoms with van der Waals surface area (Å²) >= 11 is 0. The third-order valence-electron chi connectivity index (χ3n) is 3.51. The number of hydrogen-bond acceptors (Lipinski definition) is 2. The van der Waals surface area contributed by atoms with E-state index in [1.54, 1.807) is 36.4 Å². The van der Waals surface area contributed by atoms with Gasteiger partial charge in [-0.25, -0.2) is 4.39 Å². The molecule has 3 aromatic carbocycles. The average molecular weight is 291 g/mol. The lowest BCUT2D eigenvalue weighted by Crippen LogP contribution is -2.04. The fourth-order valence-corrected chi connectivity index (χ4v) is 2.42. The second kappa shape index (κ2) is 5.82. The zero-order chi connectivity index (χ0) is 15.5. The molecule has 0 saturated heterocycles. The van der Waals surface area contributed by atoms with Gasteiger partial charge in [0.2, 0.25) is 0 Å². The number of halogens is 1. The van der Waals surface area contributed by atoms with Crippen molar-refractivity contribution in [2.45, 2.75) is 0 Å². The van der Waals surface area contributed by atoms with Crippen molar-refractivity contribution in [1.29, 1.82) is 0 Å². The lowest BCUT2D eigenvalue weighted by Gasteiger charge is -2.11. The minimum absolute atomic E-state index is 0.111. The molecule has 0 unspecified atom stereocenters. The van der Waals surface area contributed by atoms with Crippen LogP contribution in [0.5, 0.6) is 0 Å². The van der Waals surface area contributed by atoms with Crippen molar-refractivity contribution >= 4 is 11.5 Å². The van der Waals surface area contributed by atoms with Crippen LogP contribution in [0.4, 0.5) is 10.1 Å². The number of carbonyl (C=O) groups excluding carboxylic acids is 1. The first-order valence-electron chi connectivity index (χ1n) is 6.91. The minimum atomic E-state index is -0.383. The Bertz CT molecular complexity index is 828. The zero-order valence-electron chi connectivity index (χ0n) is 11.8. The first-order chi connectivity index (χ1) is 10.7. The Morgan fingerprint density at radius 2 is 1.50 bits per heavy atom. The molecule has 0 heterocycles. The van der Waals surface area contributed by atoms with Crippen LogP contribution >= 0.6 is 0 Å². The van der Waals surface area contributed by atoms with Crippen LogP contribution in [0.1, 0.15) is 15.9 Å². The molecular formula is C19H14FNO. The predicted octanol–water partition coefficient (Wildman–Crippen LogP) is 4.31. The van der Waals surface area contributed by atoms with Gasteiger partial charge in [-0.2, -0.15) is 0 Å². The van der Waals surface area contributed by atoms with Gasteiger partial charge in [0, 0.05) is 22.4 Å². The molecule has 0 fully saturated rings. The Hall–Kier alpha value is -2.94. The quantitative estimate of drug-likeness (QED) is 0.577. The summed E-state index contributed by atoms with van der Waals surface area (Å²) < 4.78 is 13.5. The van der Waals surface area contributed by atoms with Crippen molar-refractivity contribution in [1.82, 2.24) is 0 Å². The topological polar surface area (TPSA) is 43.1 Å². The molecule has 2 N–H and O–H groups in total. The van der Waals surface area contributed by atoms with E-state index >= 15 is 0 Å². The lowest BCUT2D eigenvalue weighted by atomic mass is 9.93. The number of rotatable bonds is 3. The minimum Gasteiger partial charge on any atom is -0.398 e. The number of anilines is 1. The molecule has 0 aliphatic heterocycles. The molecule has 3 aromatic rings. The van der Waals surface area contributed by atoms with Gasteiger partial charge < -0.3 is 5.73 Å². The summed E-state index contributed by atoms with van der Waals surface area (Å²) in [6.07, 6.45) is 0. The number of carbonyl (C=O) groups is 1. The molecule has 22 heavy (non-hydrogen) atoms. The Labute approximate surface area is 128 Å². The maximum atomic E-state index is 13.5. The lowest BCUT2D eigenvalue weighted by molar-refractivity contribution is 0.103. The summed E-state index contributed by atoms with van der Waals surface area (Å²) in [6, 6.07) is 20.3. The fourth-order valence-electron chi connectivity index (χ4n) is 2.42. The zero-order valence-corrected chi connectivity index (χ0v) is 11.8. The number of nitrogen functional groups attached to an aromatic ring is 1. The normalized spacial score (nSPS) is 10.4. The number of benzene rings is 3. The van der Waals surface area contributed by atoms with Gasteiger partial charge in [-0.15, -0.1) is 0 Å². The molecule has 0 saturated carbocycles. The molecule has 0 amide bonds. The Balaban J connectivity index is 2.15. The van der Waals surface area contributed by atoms with Gasteiger partial charge in [0.25, 0.3) is 0 Å². The summed E-state index contributed by atoms with van der Waals surface area (Å²) in [6.45, 7) is 0. The average Bonchev–Trinajstić information content (AvgIpc) is 2.57. The summed E-state index contributed by atoms with van der Waals surface area (Å²) in [5.74, 6) is -0.494. The maximum Gasteiger partial charge on any atom is 0.193 e. The van der Waals surface area contributed by atoms with Crippen LogP contribution in [-0.2, 0) is 0 Å². The highest BCUT2D eigenvalue weighted by Gasteiger charge is 2.16. The summed E-state index contributed by atoms with van der Waals surface area (Å²) in [5, 5.41) is 0. The summed E-state index contributed by atoms with van der Waals surface area (Å²) in [5.41, 5.74) is 8.64. The maximum absolute atomic E-state index is 13.5. The van der Waals surface area contributed by atoms with Gasteiger partial charge in [-0.3, -0.25) is 4.79 Å². The fraction of sp³-hybridized carbons (Fsp3) is 0. The first-order valence-corrected chi connectivity index (χ1v) is 6.91. The van der Waals surface area contributed by atoms with Crippen LogP contribution in [0.2, 0.25) is 0 Å². The molecule has 3 heteroatoms. The molecule has 0 radical (unpaired) electrons. The third-order valence-corrected chi connectivity index (χ3v) is 3.51. The number of nitrogens with two attached hydrogens (primary N) is 1. The van der Waals surface area contributed by atoms with E-state index in [1.165, 1.54) is 18.2 Å². The van der Waals surface area contributed by atoms with Crippen molar-refractivity contribution < 1.29 is 9.18 Å². The van der Waals surface area contributed by atoms with E-state index in [2.05, 4.69) is 0 Å². The molecule has 0 bridgehead atoms. The standard InChI is InChI=1S/C19H14FNO/c20-14-10-11-18(21)17(12-14)15-8-4-5-9-16(15)19(22)13-6-2-1-3-7-13/h1-12H,21H2. The highest BCUT2D eigenvalue weighted by Crippen LogP contribution is 2.30. The third kappa shape index (κ3) is 2.61. The van der Waals surface area contributed by atoms with Gasteiger partial charge >= 0.3 is 0 Å². The van der Waals surface area contributed by atoms with E-state index in [0.29, 0.717) is 27.9 Å². The van der Waals surface area contributed by atoms with Crippen molar-refractivity contribution in [3.8, 4) is 11.1 Å². The van der Waals surface area contributed by atoms with Crippen molar-refractivity contribution in [3.63, 3.8) is 0 Å². The van der Waals surface area contributed by atoms with E-state index < -0.39 is 0 Å². The van der Waals surface area contributed by atoms with Crippen LogP contribution in [0.25, 0.3) is 11.1 Å². The number of ketones is 1. The smallest absolute Gasteiger partial charge is 0.193 e. The van der Waals surface area contributed by atoms with E-state index in [1.807, 2.05) is 18.2 Å². The first kappa shape index (κ1) is 14.0. The van der Waals surface area contributed by atoms with Crippen LogP contribution < -0.4 is 5.73 Å². The largest absolute Gasteiger partial charge is 0.398 e. The van der Waals surface area contributed by atoms with Crippen molar-refractivity contribution in [2.75, 3.05) is 5.73 Å². The highest BCUT2D eigenvalue weighted by molar-refractivity contribution is 6.13. The molecule has 0 atom stereocenters. The van der Waals surface area contributed by atoms with Crippen molar-refractivity contribution in [3.05, 3.63) is 89.7 Å². The Morgan fingerprint density at radius 1 is 0.818 bits per heavy atom. The van der Waals surface area contributed by atoms with Crippen LogP contribution in [0.15, 0.2) is 72.8 Å². The van der Waals surface area contributed by atoms with Gasteiger partial charge in [0.05, 0.1) is 0 Å². The van der Waals surface area contributed by atoms with Gasteiger partial charge in [-0.05, 0) is 23.8 Å². The second-order valence-corrected chi connectivity index (χ2v) is 4.97. The molecule has 108 valence electrons. The van der Waals surface area contributed by atoms with Gasteiger partial charge in [-0.1, -0.05) is 54.6 Å². The molecule has 0 aliphatic carbocycles. The molecule has 0 aromatic heterocycles. The van der Waals surface area contributed by atoms with Gasteiger partial charge in [0.1, 0.15) is 5.82 Å². The highest BCUT2D eigenvalue weighted by atomic mass is 19.1. The van der Waals surface area contributed by atoms with Crippen LogP contribution in [0, 0.1) is 5.82 Å². The van der Waals surface area contributed by atoms with E-state index in [0.717, 1.165) is 0 Å². The SMILES string of the molecule is Nc1ccc(F)cc1-c1ccccc1C(=O)c1ccccc1. The molecular weight excluding hydrogens is 277 g/mol. The van der Waals surface area contributed by atoms with E-state index in [9.17, 15) is 9.18 Å². The summed E-state index contributed by atoms with van der Waals surface area (Å²) in [7, 11) is 0. The molecule has 2 nitrogen and oxygen atoms in total. The summed E-state index contributed by atoms with van der Waals surface area (Å²) in [4.78, 5) is 12.7. The second-order valence-electron chi connectivity index (χ2n) is 4.97. The van der Waals surface area contributed by atoms with Crippen LogP contribution in [-0.4, -0.2) is 5.78 Å². The Kier molecular flexibility index (Phi) is 3.71. The Morgan fingerprint density at radius 3 is 2.27 bits per heavy atom. The monoisotopic (exact) mass is 291 g/mol. The number of hydrogen-bond donors (Lipinski definition) is 1. The van der Waals surface area contributed by atoms with Crippen LogP contribution in [0.3, 0.4) is 0 Å². The molecule has 0 aliphatic rings. The predicted molar refractivity (Wildman–Crippen MR) is 86.1 cm³/mol. The van der Waals surface area contributed by atoms with Crippen molar-refractivity contribution in [2.24, 2.45) is 0 Å². The molecule has 3 rings (SSSR count). The van der Waals surface area contributed by atoms with E-state index in [-0.39, 0.29) is 11.6 Å². The van der Waals surface area contributed by atoms with E-state index in [4.69, 9.17) is 5.73 Å². The molecule has 0 spiro atoms.